The van der Waals surface area contributed by atoms with Gasteiger partial charge in [0, 0.05) is 25.7 Å². The number of rotatable bonds is 77. The Morgan fingerprint density at radius 3 is 0.784 bits per heavy atom. The number of hydrogen-bond donors (Lipinski definition) is 3. The van der Waals surface area contributed by atoms with Gasteiger partial charge in [-0.2, -0.15) is 0 Å². The van der Waals surface area contributed by atoms with Crippen LogP contribution in [0.1, 0.15) is 408 Å². The van der Waals surface area contributed by atoms with Crippen molar-refractivity contribution in [2.24, 2.45) is 11.8 Å². The molecule has 0 saturated heterocycles. The number of esters is 4. The second kappa shape index (κ2) is 69.8. The molecule has 3 unspecified atom stereocenters. The summed E-state index contributed by atoms with van der Waals surface area (Å²) in [5.41, 5.74) is 0. The number of carbonyl (C=O) groups excluding carboxylic acids is 4. The molecule has 0 spiro atoms. The molecule has 97 heavy (non-hydrogen) atoms. The number of ether oxygens (including phenoxy) is 4. The van der Waals surface area contributed by atoms with Crippen molar-refractivity contribution >= 4 is 39.5 Å². The summed E-state index contributed by atoms with van der Waals surface area (Å²) in [4.78, 5) is 72.8. The van der Waals surface area contributed by atoms with Gasteiger partial charge in [-0.1, -0.05) is 356 Å². The van der Waals surface area contributed by atoms with Crippen molar-refractivity contribution in [3.8, 4) is 0 Å². The minimum atomic E-state index is -4.96. The maximum atomic E-state index is 13.1. The highest BCUT2D eigenvalue weighted by Crippen LogP contribution is 2.45. The fraction of sp³-hybridized carbons (Fsp3) is 0.949. The zero-order valence-corrected chi connectivity index (χ0v) is 65.2. The quantitative estimate of drug-likeness (QED) is 0.0222. The van der Waals surface area contributed by atoms with Gasteiger partial charge in [-0.3, -0.25) is 37.3 Å². The first-order valence-electron chi connectivity index (χ1n) is 40.5. The maximum absolute atomic E-state index is 13.1. The molecule has 0 radical (unpaired) electrons. The first-order valence-corrected chi connectivity index (χ1v) is 43.5. The third-order valence-electron chi connectivity index (χ3n) is 18.6. The summed E-state index contributed by atoms with van der Waals surface area (Å²) >= 11 is 0. The lowest BCUT2D eigenvalue weighted by molar-refractivity contribution is -0.161. The summed E-state index contributed by atoms with van der Waals surface area (Å²) in [5, 5.41) is 10.6. The van der Waals surface area contributed by atoms with Crippen LogP contribution in [0.4, 0.5) is 0 Å². The minimum Gasteiger partial charge on any atom is -0.462 e. The molecule has 0 amide bonds. The van der Waals surface area contributed by atoms with E-state index in [9.17, 15) is 43.2 Å². The molecule has 0 aliphatic heterocycles. The lowest BCUT2D eigenvalue weighted by Crippen LogP contribution is -2.30. The van der Waals surface area contributed by atoms with E-state index in [4.69, 9.17) is 37.0 Å². The zero-order valence-electron chi connectivity index (χ0n) is 63.4. The summed E-state index contributed by atoms with van der Waals surface area (Å²) < 4.78 is 68.5. The molecule has 0 heterocycles. The van der Waals surface area contributed by atoms with Crippen molar-refractivity contribution in [2.45, 2.75) is 426 Å². The number of phosphoric acid groups is 2. The average molecular weight is 1420 g/mol. The van der Waals surface area contributed by atoms with Gasteiger partial charge in [0.2, 0.25) is 0 Å². The summed E-state index contributed by atoms with van der Waals surface area (Å²) in [5.74, 6) is -0.550. The second-order valence-corrected chi connectivity index (χ2v) is 31.7. The average Bonchev–Trinajstić information content (AvgIpc) is 1.05. The number of hydrogen-bond acceptors (Lipinski definition) is 15. The highest BCUT2D eigenvalue weighted by Gasteiger charge is 2.30. The molecule has 0 saturated carbocycles. The van der Waals surface area contributed by atoms with Crippen LogP contribution in [-0.2, 0) is 65.4 Å². The molecule has 0 aromatic rings. The standard InChI is InChI=1S/C78H152O17P2/c1-7-10-12-14-16-18-19-20-21-27-30-33-37-43-49-55-61-76(81)89-66-73(94-77(82)62-56-50-44-38-34-31-28-25-23-22-24-26-29-32-36-41-47-53-59-71(6)9-3)68-92-96(84,85)90-64-72(79)65-91-97(86,87)93-69-74(67-88-75(80)60-54-48-42-35-17-15-13-11-8-2)95-78(83)63-57-51-45-39-40-46-52-58-70(4)5/h70-74,79H,7-69H2,1-6H3,(H,84,85)(H,86,87)/t71?,72-,73-,74-/m1/s1. The predicted octanol–water partition coefficient (Wildman–Crippen LogP) is 23.1. The number of unbranched alkanes of at least 4 members (excludes halogenated alkanes) is 46. The molecule has 3 N–H and O–H groups in total. The monoisotopic (exact) mass is 1420 g/mol. The molecule has 0 aromatic heterocycles. The molecule has 0 aliphatic carbocycles. The number of aliphatic hydroxyl groups is 1. The van der Waals surface area contributed by atoms with Gasteiger partial charge >= 0.3 is 39.5 Å². The molecule has 17 nitrogen and oxygen atoms in total. The molecular formula is C78H152O17P2. The zero-order chi connectivity index (χ0) is 71.4. The Labute approximate surface area is 594 Å². The van der Waals surface area contributed by atoms with Crippen molar-refractivity contribution in [1.82, 2.24) is 0 Å². The van der Waals surface area contributed by atoms with Gasteiger partial charge in [0.05, 0.1) is 26.4 Å². The van der Waals surface area contributed by atoms with Crippen molar-refractivity contribution < 1.29 is 80.2 Å². The van der Waals surface area contributed by atoms with Crippen molar-refractivity contribution in [2.75, 3.05) is 39.6 Å². The SMILES string of the molecule is CCCCCCCCCCCCCCCCCCC(=O)OC[C@H](COP(=O)(O)OC[C@@H](O)COP(=O)(O)OC[C@@H](COC(=O)CCCCCCCCCCC)OC(=O)CCCCCCCCCC(C)C)OC(=O)CCCCCCCCCCCCCCCCCCCCC(C)CC. The van der Waals surface area contributed by atoms with Crippen molar-refractivity contribution in [1.29, 1.82) is 0 Å². The van der Waals surface area contributed by atoms with Gasteiger partial charge in [-0.05, 0) is 37.5 Å². The van der Waals surface area contributed by atoms with Crippen LogP contribution in [-0.4, -0.2) is 96.7 Å². The topological polar surface area (TPSA) is 237 Å². The lowest BCUT2D eigenvalue weighted by Gasteiger charge is -2.21. The molecule has 0 aromatic carbocycles. The molecule has 19 heteroatoms. The fourth-order valence-corrected chi connectivity index (χ4v) is 13.6. The van der Waals surface area contributed by atoms with E-state index in [0.29, 0.717) is 31.6 Å². The predicted molar refractivity (Wildman–Crippen MR) is 395 cm³/mol. The van der Waals surface area contributed by atoms with E-state index in [1.54, 1.807) is 0 Å². The normalized spacial score (nSPS) is 14.2. The van der Waals surface area contributed by atoms with Crippen LogP contribution in [0.2, 0.25) is 0 Å². The van der Waals surface area contributed by atoms with Crippen LogP contribution in [0.3, 0.4) is 0 Å². The molecule has 6 atom stereocenters. The molecule has 0 fully saturated rings. The molecule has 0 bridgehead atoms. The van der Waals surface area contributed by atoms with Gasteiger partial charge in [0.15, 0.2) is 12.2 Å². The van der Waals surface area contributed by atoms with Crippen LogP contribution in [0.25, 0.3) is 0 Å². The van der Waals surface area contributed by atoms with Crippen LogP contribution >= 0.6 is 15.6 Å². The van der Waals surface area contributed by atoms with Crippen LogP contribution in [0.5, 0.6) is 0 Å². The molecular weight excluding hydrogens is 1270 g/mol. The Kier molecular flexibility index (Phi) is 68.4. The summed E-state index contributed by atoms with van der Waals surface area (Å²) in [6.45, 7) is 9.59. The number of phosphoric ester groups is 2. The first-order chi connectivity index (χ1) is 46.9. The summed E-state index contributed by atoms with van der Waals surface area (Å²) in [6, 6.07) is 0. The smallest absolute Gasteiger partial charge is 0.462 e. The van der Waals surface area contributed by atoms with Gasteiger partial charge < -0.3 is 33.8 Å². The van der Waals surface area contributed by atoms with E-state index in [1.165, 1.54) is 225 Å². The van der Waals surface area contributed by atoms with E-state index >= 15 is 0 Å². The van der Waals surface area contributed by atoms with Gasteiger partial charge in [-0.15, -0.1) is 0 Å². The fourth-order valence-electron chi connectivity index (χ4n) is 12.0. The molecule has 0 aliphatic rings. The van der Waals surface area contributed by atoms with E-state index < -0.39 is 97.5 Å². The lowest BCUT2D eigenvalue weighted by atomic mass is 9.99. The first kappa shape index (κ1) is 95.1. The van der Waals surface area contributed by atoms with E-state index in [2.05, 4.69) is 41.5 Å². The number of aliphatic hydroxyl groups excluding tert-OH is 1. The third kappa shape index (κ3) is 70.9. The van der Waals surface area contributed by atoms with E-state index in [0.717, 1.165) is 95.8 Å². The Morgan fingerprint density at radius 1 is 0.299 bits per heavy atom. The third-order valence-corrected chi connectivity index (χ3v) is 20.5. The van der Waals surface area contributed by atoms with Crippen LogP contribution < -0.4 is 0 Å². The Morgan fingerprint density at radius 2 is 0.526 bits per heavy atom. The van der Waals surface area contributed by atoms with E-state index in [1.807, 2.05) is 0 Å². The van der Waals surface area contributed by atoms with E-state index in [-0.39, 0.29) is 25.7 Å². The van der Waals surface area contributed by atoms with Gasteiger partial charge in [0.25, 0.3) is 0 Å². The second-order valence-electron chi connectivity index (χ2n) is 28.8. The van der Waals surface area contributed by atoms with Crippen molar-refractivity contribution in [3.05, 3.63) is 0 Å². The Hall–Kier alpha value is -1.94. The Bertz CT molecular complexity index is 1870. The molecule has 0 rings (SSSR count). The van der Waals surface area contributed by atoms with Gasteiger partial charge in [-0.25, -0.2) is 9.13 Å². The summed E-state index contributed by atoms with van der Waals surface area (Å²) in [7, 11) is -9.91. The highest BCUT2D eigenvalue weighted by atomic mass is 31.2. The van der Waals surface area contributed by atoms with Crippen LogP contribution in [0.15, 0.2) is 0 Å². The Balaban J connectivity index is 5.17. The minimum absolute atomic E-state index is 0.104. The van der Waals surface area contributed by atoms with Gasteiger partial charge in [0.1, 0.15) is 19.3 Å². The van der Waals surface area contributed by atoms with Crippen molar-refractivity contribution in [3.63, 3.8) is 0 Å². The molecule has 576 valence electrons. The maximum Gasteiger partial charge on any atom is 0.472 e. The van der Waals surface area contributed by atoms with Crippen LogP contribution in [0, 0.1) is 11.8 Å². The highest BCUT2D eigenvalue weighted by molar-refractivity contribution is 7.47. The number of carbonyl (C=O) groups is 4. The summed E-state index contributed by atoms with van der Waals surface area (Å²) in [6.07, 6.45) is 58.5. The largest absolute Gasteiger partial charge is 0.472 e.